The Kier molecular flexibility index (Phi) is 5.14. The molecule has 2 aliphatic heterocycles. The Labute approximate surface area is 141 Å². The fraction of sp³-hybridized carbons (Fsp3) is 0.556. The van der Waals surface area contributed by atoms with E-state index in [0.29, 0.717) is 18.5 Å². The molecule has 1 aromatic carbocycles. The quantitative estimate of drug-likeness (QED) is 0.914. The van der Waals surface area contributed by atoms with E-state index < -0.39 is 12.0 Å². The number of carboxylic acids is 1. The fourth-order valence-electron chi connectivity index (χ4n) is 3.84. The first-order valence-corrected chi connectivity index (χ1v) is 8.55. The number of piperidine rings is 1. The van der Waals surface area contributed by atoms with E-state index in [1.165, 1.54) is 17.0 Å². The van der Waals surface area contributed by atoms with Crippen LogP contribution in [0.3, 0.4) is 0 Å². The maximum absolute atomic E-state index is 13.3. The summed E-state index contributed by atoms with van der Waals surface area (Å²) < 4.78 is 13.3. The average molecular weight is 334 g/mol. The van der Waals surface area contributed by atoms with Gasteiger partial charge in [-0.1, -0.05) is 12.1 Å². The molecule has 1 amide bonds. The molecule has 0 radical (unpaired) electrons. The predicted octanol–water partition coefficient (Wildman–Crippen LogP) is 1.91. The lowest BCUT2D eigenvalue weighted by molar-refractivity contribution is -0.153. The number of amides is 1. The summed E-state index contributed by atoms with van der Waals surface area (Å²) in [5.74, 6) is -1.58. The summed E-state index contributed by atoms with van der Waals surface area (Å²) in [5, 5.41) is 9.56. The molecule has 2 saturated heterocycles. The highest BCUT2D eigenvalue weighted by molar-refractivity contribution is 5.85. The molecule has 1 aromatic rings. The van der Waals surface area contributed by atoms with Crippen LogP contribution in [0.4, 0.5) is 4.39 Å². The lowest BCUT2D eigenvalue weighted by atomic mass is 9.95. The van der Waals surface area contributed by atoms with E-state index in [9.17, 15) is 19.1 Å². The zero-order valence-corrected chi connectivity index (χ0v) is 13.7. The third kappa shape index (κ3) is 3.75. The Balaban J connectivity index is 1.67. The number of hydrogen-bond donors (Lipinski definition) is 1. The zero-order valence-electron chi connectivity index (χ0n) is 13.7. The smallest absolute Gasteiger partial charge is 0.326 e. The molecule has 5 nitrogen and oxygen atoms in total. The number of nitrogens with zero attached hydrogens (tertiary/aromatic N) is 2. The van der Waals surface area contributed by atoms with Crippen molar-refractivity contribution in [3.05, 3.63) is 35.6 Å². The number of likely N-dealkylation sites (tertiary alicyclic amines) is 2. The molecule has 3 rings (SSSR count). The topological polar surface area (TPSA) is 60.9 Å². The first-order valence-electron chi connectivity index (χ1n) is 8.55. The van der Waals surface area contributed by atoms with Crippen LogP contribution in [-0.4, -0.2) is 58.5 Å². The summed E-state index contributed by atoms with van der Waals surface area (Å²) in [5.41, 5.74) is 0.575. The van der Waals surface area contributed by atoms with Crippen molar-refractivity contribution in [2.24, 2.45) is 0 Å². The number of benzene rings is 1. The van der Waals surface area contributed by atoms with Gasteiger partial charge in [-0.05, 0) is 56.5 Å². The lowest BCUT2D eigenvalue weighted by Crippen LogP contribution is -2.54. The van der Waals surface area contributed by atoms with E-state index in [2.05, 4.69) is 4.90 Å². The van der Waals surface area contributed by atoms with Gasteiger partial charge in [0.05, 0.1) is 6.42 Å². The second kappa shape index (κ2) is 7.30. The average Bonchev–Trinajstić information content (AvgIpc) is 3.08. The zero-order chi connectivity index (χ0) is 17.1. The number of rotatable bonds is 4. The van der Waals surface area contributed by atoms with Crippen molar-refractivity contribution >= 4 is 11.9 Å². The molecule has 6 heteroatoms. The van der Waals surface area contributed by atoms with Crippen molar-refractivity contribution in [3.8, 4) is 0 Å². The van der Waals surface area contributed by atoms with E-state index in [0.717, 1.165) is 32.4 Å². The molecule has 130 valence electrons. The van der Waals surface area contributed by atoms with E-state index >= 15 is 0 Å². The summed E-state index contributed by atoms with van der Waals surface area (Å²) in [4.78, 5) is 28.0. The molecular formula is C18H23FN2O3. The van der Waals surface area contributed by atoms with E-state index in [4.69, 9.17) is 0 Å². The molecule has 2 fully saturated rings. The van der Waals surface area contributed by atoms with Crippen LogP contribution in [0.15, 0.2) is 24.3 Å². The number of carbonyl (C=O) groups excluding carboxylic acids is 1. The molecule has 24 heavy (non-hydrogen) atoms. The molecule has 0 saturated carbocycles. The van der Waals surface area contributed by atoms with Crippen molar-refractivity contribution in [1.29, 1.82) is 0 Å². The van der Waals surface area contributed by atoms with Crippen LogP contribution >= 0.6 is 0 Å². The number of aliphatic carboxylic acids is 1. The highest BCUT2D eigenvalue weighted by Gasteiger charge is 2.38. The van der Waals surface area contributed by atoms with Crippen LogP contribution in [0.1, 0.15) is 31.2 Å². The molecule has 0 unspecified atom stereocenters. The summed E-state index contributed by atoms with van der Waals surface area (Å²) in [6, 6.07) is 5.36. The molecule has 0 spiro atoms. The van der Waals surface area contributed by atoms with Crippen molar-refractivity contribution in [3.63, 3.8) is 0 Å². The van der Waals surface area contributed by atoms with Crippen LogP contribution in [-0.2, 0) is 16.0 Å². The van der Waals surface area contributed by atoms with Crippen molar-refractivity contribution < 1.29 is 19.1 Å². The minimum atomic E-state index is -0.952. The third-order valence-corrected chi connectivity index (χ3v) is 5.08. The van der Waals surface area contributed by atoms with Gasteiger partial charge in [0.2, 0.25) is 5.91 Å². The molecule has 2 aliphatic rings. The van der Waals surface area contributed by atoms with Crippen LogP contribution in [0.25, 0.3) is 0 Å². The van der Waals surface area contributed by atoms with E-state index in [1.807, 2.05) is 0 Å². The second-order valence-electron chi connectivity index (χ2n) is 6.67. The van der Waals surface area contributed by atoms with Gasteiger partial charge in [-0.25, -0.2) is 9.18 Å². The molecule has 2 atom stereocenters. The third-order valence-electron chi connectivity index (χ3n) is 5.08. The van der Waals surface area contributed by atoms with Crippen LogP contribution in [0.2, 0.25) is 0 Å². The lowest BCUT2D eigenvalue weighted by Gasteiger charge is -2.40. The molecule has 0 bridgehead atoms. The van der Waals surface area contributed by atoms with E-state index in [1.54, 1.807) is 12.1 Å². The Morgan fingerprint density at radius 3 is 2.62 bits per heavy atom. The Morgan fingerprint density at radius 1 is 1.21 bits per heavy atom. The largest absolute Gasteiger partial charge is 0.480 e. The van der Waals surface area contributed by atoms with Gasteiger partial charge in [-0.3, -0.25) is 4.79 Å². The van der Waals surface area contributed by atoms with Gasteiger partial charge in [0.25, 0.3) is 0 Å². The maximum Gasteiger partial charge on any atom is 0.326 e. The van der Waals surface area contributed by atoms with Gasteiger partial charge in [-0.2, -0.15) is 0 Å². The van der Waals surface area contributed by atoms with Crippen molar-refractivity contribution in [1.82, 2.24) is 9.80 Å². The minimum absolute atomic E-state index is 0.0376. The van der Waals surface area contributed by atoms with Crippen molar-refractivity contribution in [2.75, 3.05) is 19.6 Å². The maximum atomic E-state index is 13.3. The fourth-order valence-corrected chi connectivity index (χ4v) is 3.84. The van der Waals surface area contributed by atoms with E-state index in [-0.39, 0.29) is 24.2 Å². The first-order chi connectivity index (χ1) is 11.5. The monoisotopic (exact) mass is 334 g/mol. The second-order valence-corrected chi connectivity index (χ2v) is 6.67. The molecule has 0 aliphatic carbocycles. The Hall–Kier alpha value is -1.95. The summed E-state index contributed by atoms with van der Waals surface area (Å²) in [7, 11) is 0. The standard InChI is InChI=1S/C18H23FN2O3/c19-14-5-3-4-13(10-14)11-17(22)21-9-6-15(12-16(21)18(23)24)20-7-1-2-8-20/h3-5,10,15-16H,1-2,6-9,11-12H2,(H,23,24)/t15-,16-/m1/s1. The number of carbonyl (C=O) groups is 2. The van der Waals surface area contributed by atoms with Gasteiger partial charge >= 0.3 is 5.97 Å². The van der Waals surface area contributed by atoms with Gasteiger partial charge in [0.1, 0.15) is 11.9 Å². The van der Waals surface area contributed by atoms with Gasteiger partial charge < -0.3 is 14.9 Å². The van der Waals surface area contributed by atoms with Crippen LogP contribution in [0, 0.1) is 5.82 Å². The summed E-state index contributed by atoms with van der Waals surface area (Å²) >= 11 is 0. The first kappa shape index (κ1) is 16.9. The Morgan fingerprint density at radius 2 is 1.96 bits per heavy atom. The van der Waals surface area contributed by atoms with Crippen LogP contribution < -0.4 is 0 Å². The SMILES string of the molecule is O=C(O)[C@H]1C[C@H](N2CCCC2)CCN1C(=O)Cc1cccc(F)c1. The Bertz CT molecular complexity index is 616. The number of hydrogen-bond acceptors (Lipinski definition) is 3. The van der Waals surface area contributed by atoms with Gasteiger partial charge in [0.15, 0.2) is 0 Å². The normalized spacial score (nSPS) is 25.0. The molecule has 1 N–H and O–H groups in total. The van der Waals surface area contributed by atoms with Gasteiger partial charge in [-0.15, -0.1) is 0 Å². The van der Waals surface area contributed by atoms with Gasteiger partial charge in [0, 0.05) is 12.6 Å². The highest BCUT2D eigenvalue weighted by atomic mass is 19.1. The minimum Gasteiger partial charge on any atom is -0.480 e. The number of halogens is 1. The summed E-state index contributed by atoms with van der Waals surface area (Å²) in [6.45, 7) is 2.49. The number of carboxylic acid groups (broad SMARTS) is 1. The molecule has 2 heterocycles. The summed E-state index contributed by atoms with van der Waals surface area (Å²) in [6.07, 6.45) is 3.64. The highest BCUT2D eigenvalue weighted by Crippen LogP contribution is 2.26. The predicted molar refractivity (Wildman–Crippen MR) is 87.1 cm³/mol. The molecule has 0 aromatic heterocycles. The van der Waals surface area contributed by atoms with Crippen molar-refractivity contribution in [2.45, 2.75) is 44.2 Å². The molecular weight excluding hydrogens is 311 g/mol. The van der Waals surface area contributed by atoms with Crippen LogP contribution in [0.5, 0.6) is 0 Å².